The second kappa shape index (κ2) is 7.46. The number of rotatable bonds is 4. The highest BCUT2D eigenvalue weighted by atomic mass is 35.5. The van der Waals surface area contributed by atoms with Crippen LogP contribution in [0.25, 0.3) is 10.9 Å². The molecule has 2 aliphatic rings. The molecule has 0 radical (unpaired) electrons. The standard InChI is InChI=1S/C24H23ClF2N4O3/c1-11-6-14(13(3)28-16-4-5-17(25)29-19(16)21(33)34)18-15(7-11)20(32)31-12(2)8-23(22(31)30-18)9-24(26,27)10-23/h4-7,12-13,28H,8-10H2,1-3H3,(H,33,34)/t12-,13+/m0/s1. The van der Waals surface area contributed by atoms with Crippen molar-refractivity contribution >= 4 is 34.2 Å². The smallest absolute Gasteiger partial charge is 0.356 e. The molecule has 0 amide bonds. The number of nitrogens with one attached hydrogen (secondary N) is 1. The highest BCUT2D eigenvalue weighted by molar-refractivity contribution is 6.29. The van der Waals surface area contributed by atoms with Crippen LogP contribution in [-0.2, 0) is 5.41 Å². The van der Waals surface area contributed by atoms with Gasteiger partial charge in [0.1, 0.15) is 11.0 Å². The summed E-state index contributed by atoms with van der Waals surface area (Å²) >= 11 is 5.86. The van der Waals surface area contributed by atoms with Gasteiger partial charge in [-0.25, -0.2) is 23.5 Å². The highest BCUT2D eigenvalue weighted by Crippen LogP contribution is 2.59. The SMILES string of the molecule is Cc1cc([C@@H](C)Nc2ccc(Cl)nc2C(=O)O)c2nc3n(c(=O)c2c1)[C@@H](C)CC31CC(F)(F)C1. The Morgan fingerprint density at radius 1 is 1.29 bits per heavy atom. The fourth-order valence-electron chi connectivity index (χ4n) is 5.61. The number of fused-ring (bicyclic) bond motifs is 3. The Morgan fingerprint density at radius 2 is 2.00 bits per heavy atom. The van der Waals surface area contributed by atoms with E-state index in [4.69, 9.17) is 16.6 Å². The average molecular weight is 489 g/mol. The van der Waals surface area contributed by atoms with E-state index < -0.39 is 23.3 Å². The third-order valence-electron chi connectivity index (χ3n) is 6.88. The topological polar surface area (TPSA) is 97.1 Å². The van der Waals surface area contributed by atoms with Crippen LogP contribution in [0.15, 0.2) is 29.1 Å². The van der Waals surface area contributed by atoms with Crippen molar-refractivity contribution in [2.45, 2.75) is 63.5 Å². The van der Waals surface area contributed by atoms with Gasteiger partial charge >= 0.3 is 5.97 Å². The van der Waals surface area contributed by atoms with Crippen molar-refractivity contribution in [2.75, 3.05) is 5.32 Å². The second-order valence-corrected chi connectivity index (χ2v) is 9.99. The minimum absolute atomic E-state index is 0.0542. The van der Waals surface area contributed by atoms with Crippen LogP contribution < -0.4 is 10.9 Å². The fraction of sp³-hybridized carbons (Fsp3) is 0.417. The summed E-state index contributed by atoms with van der Waals surface area (Å²) in [7, 11) is 0. The number of benzene rings is 1. The monoisotopic (exact) mass is 488 g/mol. The van der Waals surface area contributed by atoms with E-state index in [2.05, 4.69) is 10.3 Å². The summed E-state index contributed by atoms with van der Waals surface area (Å²) in [5, 5.41) is 13.1. The molecule has 7 nitrogen and oxygen atoms in total. The number of pyridine rings is 1. The Labute approximate surface area is 198 Å². The normalized spacial score (nSPS) is 20.7. The van der Waals surface area contributed by atoms with Crippen LogP contribution in [-0.4, -0.2) is 31.5 Å². The summed E-state index contributed by atoms with van der Waals surface area (Å²) in [6.45, 7) is 5.54. The Morgan fingerprint density at radius 3 is 2.65 bits per heavy atom. The molecule has 0 unspecified atom stereocenters. The Hall–Kier alpha value is -3.07. The number of alkyl halides is 2. The first-order valence-corrected chi connectivity index (χ1v) is 11.4. The molecule has 3 heterocycles. The molecule has 34 heavy (non-hydrogen) atoms. The average Bonchev–Trinajstić information content (AvgIpc) is 3.00. The molecule has 3 aromatic rings. The molecular weight excluding hydrogens is 466 g/mol. The van der Waals surface area contributed by atoms with Crippen molar-refractivity contribution in [3.05, 3.63) is 62.4 Å². The van der Waals surface area contributed by atoms with Gasteiger partial charge in [0.2, 0.25) is 5.92 Å². The summed E-state index contributed by atoms with van der Waals surface area (Å²) in [5.74, 6) is -3.57. The van der Waals surface area contributed by atoms with Crippen molar-refractivity contribution in [1.29, 1.82) is 0 Å². The lowest BCUT2D eigenvalue weighted by Gasteiger charge is -2.44. The van der Waals surface area contributed by atoms with Crippen LogP contribution in [0, 0.1) is 6.92 Å². The van der Waals surface area contributed by atoms with Crippen LogP contribution in [0.4, 0.5) is 14.5 Å². The first kappa shape index (κ1) is 22.7. The second-order valence-electron chi connectivity index (χ2n) is 9.61. The van der Waals surface area contributed by atoms with E-state index in [1.165, 1.54) is 12.1 Å². The van der Waals surface area contributed by atoms with Gasteiger partial charge in [-0.1, -0.05) is 17.7 Å². The number of aryl methyl sites for hydroxylation is 1. The molecule has 10 heteroatoms. The maximum absolute atomic E-state index is 13.9. The molecule has 2 aromatic heterocycles. The van der Waals surface area contributed by atoms with Gasteiger partial charge in [-0.05, 0) is 51.0 Å². The van der Waals surface area contributed by atoms with Crippen molar-refractivity contribution in [2.24, 2.45) is 0 Å². The van der Waals surface area contributed by atoms with E-state index in [1.54, 1.807) is 10.6 Å². The summed E-state index contributed by atoms with van der Waals surface area (Å²) in [6, 6.07) is 5.96. The van der Waals surface area contributed by atoms with Crippen molar-refractivity contribution in [3.63, 3.8) is 0 Å². The summed E-state index contributed by atoms with van der Waals surface area (Å²) in [5.41, 5.74) is 0.934. The number of carboxylic acid groups (broad SMARTS) is 1. The number of nitrogens with zero attached hydrogens (tertiary/aromatic N) is 3. The molecule has 1 saturated carbocycles. The minimum Gasteiger partial charge on any atom is -0.476 e. The molecule has 2 N–H and O–H groups in total. The van der Waals surface area contributed by atoms with Gasteiger partial charge in [0.15, 0.2) is 5.69 Å². The number of aromatic nitrogens is 3. The predicted octanol–water partition coefficient (Wildman–Crippen LogP) is 5.26. The Kier molecular flexibility index (Phi) is 4.99. The van der Waals surface area contributed by atoms with Gasteiger partial charge in [0, 0.05) is 29.9 Å². The van der Waals surface area contributed by atoms with Gasteiger partial charge in [-0.3, -0.25) is 9.36 Å². The lowest BCUT2D eigenvalue weighted by Crippen LogP contribution is -2.49. The zero-order chi connectivity index (χ0) is 24.6. The number of aromatic carboxylic acids is 1. The van der Waals surface area contributed by atoms with Crippen LogP contribution in [0.5, 0.6) is 0 Å². The van der Waals surface area contributed by atoms with Crippen LogP contribution >= 0.6 is 11.6 Å². The van der Waals surface area contributed by atoms with Crippen LogP contribution in [0.2, 0.25) is 5.15 Å². The van der Waals surface area contributed by atoms with E-state index in [9.17, 15) is 23.5 Å². The van der Waals surface area contributed by atoms with Gasteiger partial charge in [0.25, 0.3) is 5.56 Å². The fourth-order valence-corrected chi connectivity index (χ4v) is 5.76. The molecule has 0 bridgehead atoms. The van der Waals surface area contributed by atoms with E-state index >= 15 is 0 Å². The van der Waals surface area contributed by atoms with Crippen LogP contribution in [0.3, 0.4) is 0 Å². The third kappa shape index (κ3) is 3.45. The molecule has 2 atom stereocenters. The number of carbonyl (C=O) groups is 1. The first-order chi connectivity index (χ1) is 15.9. The largest absolute Gasteiger partial charge is 0.476 e. The molecule has 1 fully saturated rings. The van der Waals surface area contributed by atoms with E-state index in [0.29, 0.717) is 28.7 Å². The quantitative estimate of drug-likeness (QED) is 0.486. The third-order valence-corrected chi connectivity index (χ3v) is 7.09. The molecule has 0 saturated heterocycles. The van der Waals surface area contributed by atoms with Crippen molar-refractivity contribution < 1.29 is 18.7 Å². The number of carboxylic acids is 1. The lowest BCUT2D eigenvalue weighted by atomic mass is 9.64. The maximum atomic E-state index is 13.9. The maximum Gasteiger partial charge on any atom is 0.356 e. The lowest BCUT2D eigenvalue weighted by molar-refractivity contribution is -0.128. The summed E-state index contributed by atoms with van der Waals surface area (Å²) in [6.07, 6.45) is -0.160. The molecule has 1 aliphatic carbocycles. The molecule has 1 spiro atoms. The molecular formula is C24H23ClF2N4O3. The molecule has 1 aromatic carbocycles. The first-order valence-electron chi connectivity index (χ1n) is 11.0. The summed E-state index contributed by atoms with van der Waals surface area (Å²) in [4.78, 5) is 33.8. The summed E-state index contributed by atoms with van der Waals surface area (Å²) < 4.78 is 29.4. The van der Waals surface area contributed by atoms with Gasteiger partial charge in [0.05, 0.1) is 22.6 Å². The van der Waals surface area contributed by atoms with E-state index in [-0.39, 0.29) is 41.0 Å². The zero-order valence-corrected chi connectivity index (χ0v) is 19.6. The number of hydrogen-bond acceptors (Lipinski definition) is 5. The molecule has 1 aliphatic heterocycles. The number of hydrogen-bond donors (Lipinski definition) is 2. The van der Waals surface area contributed by atoms with E-state index in [0.717, 1.165) is 5.56 Å². The Bertz CT molecular complexity index is 1410. The number of anilines is 1. The molecule has 178 valence electrons. The Balaban J connectivity index is 1.65. The van der Waals surface area contributed by atoms with Gasteiger partial charge in [-0.2, -0.15) is 0 Å². The van der Waals surface area contributed by atoms with Crippen LogP contribution in [0.1, 0.15) is 72.6 Å². The molecule has 5 rings (SSSR count). The van der Waals surface area contributed by atoms with Crippen molar-refractivity contribution in [1.82, 2.24) is 14.5 Å². The number of halogens is 3. The zero-order valence-electron chi connectivity index (χ0n) is 18.8. The minimum atomic E-state index is -2.75. The predicted molar refractivity (Wildman–Crippen MR) is 124 cm³/mol. The highest BCUT2D eigenvalue weighted by Gasteiger charge is 2.62. The van der Waals surface area contributed by atoms with E-state index in [1.807, 2.05) is 26.8 Å². The van der Waals surface area contributed by atoms with Gasteiger partial charge in [-0.15, -0.1) is 0 Å². The van der Waals surface area contributed by atoms with Gasteiger partial charge < -0.3 is 10.4 Å². The van der Waals surface area contributed by atoms with Crippen molar-refractivity contribution in [3.8, 4) is 0 Å².